The van der Waals surface area contributed by atoms with E-state index in [4.69, 9.17) is 0 Å². The zero-order valence-corrected chi connectivity index (χ0v) is 12.1. The largest absolute Gasteiger partial charge is 2.00 e. The molecule has 0 aromatic heterocycles. The average Bonchev–Trinajstić information content (AvgIpc) is 1.87. The Morgan fingerprint density at radius 1 is 1.00 bits per heavy atom. The van der Waals surface area contributed by atoms with E-state index in [-0.39, 0.29) is 31.7 Å². The Morgan fingerprint density at radius 2 is 1.23 bits per heavy atom. The van der Waals surface area contributed by atoms with Crippen LogP contribution in [0.2, 0.25) is 0 Å². The second kappa shape index (κ2) is 15.2. The van der Waals surface area contributed by atoms with Gasteiger partial charge in [-0.3, -0.25) is 9.98 Å². The summed E-state index contributed by atoms with van der Waals surface area (Å²) in [5, 5.41) is 0. The molecule has 0 aliphatic heterocycles. The predicted molar refractivity (Wildman–Crippen MR) is 74.0 cm³/mol. The normalized spacial score (nSPS) is 8.77. The first-order valence-electron chi connectivity index (χ1n) is 2.93. The fraction of sp³-hybridized carbons (Fsp3) is 0.333. The summed E-state index contributed by atoms with van der Waals surface area (Å²) in [5.41, 5.74) is 0. The summed E-state index contributed by atoms with van der Waals surface area (Å²) in [6.07, 6.45) is 3.16. The van der Waals surface area contributed by atoms with E-state index in [2.05, 4.69) is 59.7 Å². The van der Waals surface area contributed by atoms with Gasteiger partial charge >= 0.3 is 23.1 Å². The summed E-state index contributed by atoms with van der Waals surface area (Å²) < 4.78 is 0.551. The van der Waals surface area contributed by atoms with Gasteiger partial charge in [0.15, 0.2) is 0 Å². The molecule has 13 heavy (non-hydrogen) atoms. The van der Waals surface area contributed by atoms with Crippen molar-refractivity contribution in [2.75, 3.05) is 0 Å². The quantitative estimate of drug-likeness (QED) is 0.285. The van der Waals surface area contributed by atoms with Gasteiger partial charge in [-0.1, -0.05) is 0 Å². The molecule has 0 unspecified atom stereocenters. The first-order chi connectivity index (χ1) is 5.54. The Hall–Kier alpha value is 0.726. The fourth-order valence-electron chi connectivity index (χ4n) is 0.211. The van der Waals surface area contributed by atoms with Gasteiger partial charge in [-0.15, -0.1) is 0 Å². The molecule has 0 spiro atoms. The molecule has 0 bridgehead atoms. The molecule has 0 N–H and O–H groups in total. The summed E-state index contributed by atoms with van der Waals surface area (Å²) in [7, 11) is 0. The van der Waals surface area contributed by atoms with Crippen LogP contribution in [0, 0.1) is 0 Å². The van der Waals surface area contributed by atoms with Crippen molar-refractivity contribution < 1.29 is 0 Å². The second-order valence-corrected chi connectivity index (χ2v) is 3.37. The Labute approximate surface area is 117 Å². The molecule has 0 saturated carbocycles. The van der Waals surface area contributed by atoms with Crippen molar-refractivity contribution in [1.82, 2.24) is 0 Å². The number of rotatable bonds is 0. The molecule has 0 fully saturated rings. The molecule has 0 aliphatic rings. The van der Waals surface area contributed by atoms with Crippen molar-refractivity contribution in [1.29, 1.82) is 0 Å². The molecule has 0 aliphatic carbocycles. The van der Waals surface area contributed by atoms with E-state index >= 15 is 0 Å². The van der Waals surface area contributed by atoms with Gasteiger partial charge in [0.25, 0.3) is 0 Å². The second-order valence-electron chi connectivity index (χ2n) is 1.31. The average molecular weight is 261 g/mol. The summed E-state index contributed by atoms with van der Waals surface area (Å²) in [5.74, 6) is 0. The van der Waals surface area contributed by atoms with Crippen molar-refractivity contribution in [2.24, 2.45) is 9.98 Å². The first kappa shape index (κ1) is 19.3. The van der Waals surface area contributed by atoms with Crippen LogP contribution in [-0.2, 0) is 25.3 Å². The van der Waals surface area contributed by atoms with Crippen LogP contribution in [0.25, 0.3) is 0 Å². The maximum absolute atomic E-state index is 4.41. The minimum Gasteiger partial charge on any atom is -0.409 e. The fourth-order valence-corrected chi connectivity index (χ4v) is 0.632. The SMILES string of the molecule is CC=NC(=S)[S-].CC=NC(=S)[S-].[Mg+2]. The van der Waals surface area contributed by atoms with E-state index in [9.17, 15) is 0 Å². The van der Waals surface area contributed by atoms with Gasteiger partial charge in [-0.05, 0) is 34.9 Å². The van der Waals surface area contributed by atoms with Crippen LogP contribution in [0.5, 0.6) is 0 Å². The number of aliphatic imine (C=N–C) groups is 2. The maximum atomic E-state index is 4.41. The van der Waals surface area contributed by atoms with E-state index < -0.39 is 0 Å². The summed E-state index contributed by atoms with van der Waals surface area (Å²) in [6.45, 7) is 3.55. The Kier molecular flexibility index (Phi) is 22.6. The maximum Gasteiger partial charge on any atom is 2.00 e. The first-order valence-corrected chi connectivity index (χ1v) is 4.57. The van der Waals surface area contributed by atoms with Crippen LogP contribution in [0.4, 0.5) is 0 Å². The third-order valence-corrected chi connectivity index (χ3v) is 0.891. The van der Waals surface area contributed by atoms with Gasteiger partial charge in [0.1, 0.15) is 0 Å². The number of thiocarbonyl (C=S) groups is 2. The van der Waals surface area contributed by atoms with Crippen molar-refractivity contribution in [3.05, 3.63) is 0 Å². The molecule has 0 saturated heterocycles. The van der Waals surface area contributed by atoms with Gasteiger partial charge in [0, 0.05) is 0 Å². The number of nitrogens with zero attached hydrogens (tertiary/aromatic N) is 2. The minimum absolute atomic E-state index is 0. The van der Waals surface area contributed by atoms with E-state index in [1.807, 2.05) is 0 Å². The third-order valence-electron chi connectivity index (χ3n) is 0.469. The van der Waals surface area contributed by atoms with Gasteiger partial charge in [0.2, 0.25) is 0 Å². The Morgan fingerprint density at radius 3 is 1.23 bits per heavy atom. The van der Waals surface area contributed by atoms with Crippen LogP contribution in [-0.4, -0.2) is 44.1 Å². The summed E-state index contributed by atoms with van der Waals surface area (Å²) in [4.78, 5) is 7.09. The smallest absolute Gasteiger partial charge is 0.409 e. The Bertz CT molecular complexity index is 181. The molecular formula is C6H8MgN2S4. The molecule has 7 heteroatoms. The van der Waals surface area contributed by atoms with Crippen molar-refractivity contribution in [3.63, 3.8) is 0 Å². The molecule has 0 amide bonds. The molecule has 0 rings (SSSR count). The molecular weight excluding hydrogens is 253 g/mol. The standard InChI is InChI=1S/2C3H5NS2.Mg/c2*1-2-4-3(5)6;/h2*2H,1H3,(H,5,6);/q;;+2/p-2. The molecule has 0 radical (unpaired) electrons. The number of hydrogen-bond donors (Lipinski definition) is 0. The molecule has 0 aromatic rings. The molecule has 0 heterocycles. The molecule has 0 atom stereocenters. The van der Waals surface area contributed by atoms with Crippen LogP contribution in [0.3, 0.4) is 0 Å². The molecule has 68 valence electrons. The van der Waals surface area contributed by atoms with Gasteiger partial charge < -0.3 is 49.7 Å². The van der Waals surface area contributed by atoms with Gasteiger partial charge in [-0.2, -0.15) is 0 Å². The third kappa shape index (κ3) is 32.4. The van der Waals surface area contributed by atoms with Gasteiger partial charge in [-0.25, -0.2) is 0 Å². The van der Waals surface area contributed by atoms with Crippen LogP contribution in [0.1, 0.15) is 13.8 Å². The van der Waals surface area contributed by atoms with Crippen LogP contribution < -0.4 is 0 Å². The van der Waals surface area contributed by atoms with Crippen LogP contribution >= 0.6 is 24.4 Å². The van der Waals surface area contributed by atoms with Crippen molar-refractivity contribution >= 4 is 93.8 Å². The van der Waals surface area contributed by atoms with Gasteiger partial charge in [0.05, 0.1) is 0 Å². The van der Waals surface area contributed by atoms with Crippen molar-refractivity contribution in [2.45, 2.75) is 13.8 Å². The molecule has 2 nitrogen and oxygen atoms in total. The Balaban J connectivity index is -0.000000143. The summed E-state index contributed by atoms with van der Waals surface area (Å²) >= 11 is 17.6. The topological polar surface area (TPSA) is 24.7 Å². The van der Waals surface area contributed by atoms with E-state index in [0.29, 0.717) is 0 Å². The predicted octanol–water partition coefficient (Wildman–Crippen LogP) is 1.44. The number of hydrogen-bond acceptors (Lipinski definition) is 4. The minimum atomic E-state index is 0. The monoisotopic (exact) mass is 260 g/mol. The van der Waals surface area contributed by atoms with E-state index in [1.54, 1.807) is 26.3 Å². The van der Waals surface area contributed by atoms with Crippen molar-refractivity contribution in [3.8, 4) is 0 Å². The van der Waals surface area contributed by atoms with Crippen LogP contribution in [0.15, 0.2) is 9.98 Å². The zero-order chi connectivity index (χ0) is 9.98. The zero-order valence-electron chi connectivity index (χ0n) is 7.39. The van der Waals surface area contributed by atoms with E-state index in [0.717, 1.165) is 0 Å². The summed E-state index contributed by atoms with van der Waals surface area (Å²) in [6, 6.07) is 0. The van der Waals surface area contributed by atoms with E-state index in [1.165, 1.54) is 0 Å². The molecule has 0 aromatic carbocycles.